The van der Waals surface area contributed by atoms with Crippen LogP contribution in [-0.4, -0.2) is 22.6 Å². The lowest BCUT2D eigenvalue weighted by Crippen LogP contribution is -2.23. The number of benzene rings is 1. The van der Waals surface area contributed by atoms with Crippen molar-refractivity contribution >= 4 is 11.9 Å². The summed E-state index contributed by atoms with van der Waals surface area (Å²) in [6.07, 6.45) is 1.27. The molecule has 0 bridgehead atoms. The van der Waals surface area contributed by atoms with Gasteiger partial charge in [0.2, 0.25) is 0 Å². The average molecular weight is 278 g/mol. The fourth-order valence-corrected chi connectivity index (χ4v) is 1.65. The minimum Gasteiger partial charge on any atom is -0.481 e. The lowest BCUT2D eigenvalue weighted by Gasteiger charge is -2.19. The van der Waals surface area contributed by atoms with Crippen LogP contribution in [0.15, 0.2) is 24.3 Å². The molecule has 0 amide bonds. The summed E-state index contributed by atoms with van der Waals surface area (Å²) >= 11 is 0. The van der Waals surface area contributed by atoms with Gasteiger partial charge in [-0.2, -0.15) is 0 Å². The molecule has 1 atom stereocenters. The van der Waals surface area contributed by atoms with E-state index in [4.69, 9.17) is 9.84 Å². The Morgan fingerprint density at radius 2 is 1.75 bits per heavy atom. The third kappa shape index (κ3) is 5.43. The van der Waals surface area contributed by atoms with Gasteiger partial charge < -0.3 is 9.84 Å². The molecule has 0 aliphatic heterocycles. The topological polar surface area (TPSA) is 63.6 Å². The van der Waals surface area contributed by atoms with Crippen LogP contribution in [0.4, 0.5) is 0 Å². The van der Waals surface area contributed by atoms with E-state index in [0.29, 0.717) is 18.4 Å². The normalized spacial score (nSPS) is 12.8. The van der Waals surface area contributed by atoms with Gasteiger partial charge in [-0.15, -0.1) is 0 Å². The summed E-state index contributed by atoms with van der Waals surface area (Å²) in [4.78, 5) is 22.6. The van der Waals surface area contributed by atoms with Crippen LogP contribution in [0.25, 0.3) is 0 Å². The molecule has 0 spiro atoms. The first-order valence-electron chi connectivity index (χ1n) is 6.74. The Morgan fingerprint density at radius 1 is 1.20 bits per heavy atom. The zero-order valence-electron chi connectivity index (χ0n) is 12.5. The molecule has 1 aromatic carbocycles. The Balaban J connectivity index is 2.60. The molecule has 1 aromatic rings. The van der Waals surface area contributed by atoms with Gasteiger partial charge in [-0.25, -0.2) is 4.79 Å². The quantitative estimate of drug-likeness (QED) is 0.839. The van der Waals surface area contributed by atoms with Gasteiger partial charge in [0.25, 0.3) is 0 Å². The van der Waals surface area contributed by atoms with Crippen molar-refractivity contribution in [1.29, 1.82) is 0 Å². The molecule has 110 valence electrons. The summed E-state index contributed by atoms with van der Waals surface area (Å²) in [6, 6.07) is 7.12. The first-order chi connectivity index (χ1) is 9.19. The monoisotopic (exact) mass is 278 g/mol. The third-order valence-corrected chi connectivity index (χ3v) is 2.88. The molecule has 0 aromatic heterocycles. The molecule has 0 fully saturated rings. The van der Waals surface area contributed by atoms with Gasteiger partial charge in [-0.3, -0.25) is 4.79 Å². The van der Waals surface area contributed by atoms with Crippen molar-refractivity contribution in [2.75, 3.05) is 0 Å². The Morgan fingerprint density at radius 3 is 2.20 bits per heavy atom. The second kappa shape index (κ2) is 6.55. The Labute approximate surface area is 119 Å². The fraction of sp³-hybridized carbons (Fsp3) is 0.500. The smallest absolute Gasteiger partial charge is 0.338 e. The lowest BCUT2D eigenvalue weighted by molar-refractivity contribution is -0.141. The molecule has 4 nitrogen and oxygen atoms in total. The molecular weight excluding hydrogens is 256 g/mol. The molecule has 0 unspecified atom stereocenters. The largest absolute Gasteiger partial charge is 0.481 e. The van der Waals surface area contributed by atoms with Crippen LogP contribution in [0.5, 0.6) is 0 Å². The number of esters is 1. The highest BCUT2D eigenvalue weighted by Crippen LogP contribution is 2.15. The van der Waals surface area contributed by atoms with Crippen LogP contribution in [-0.2, 0) is 16.0 Å². The summed E-state index contributed by atoms with van der Waals surface area (Å²) in [6.45, 7) is 7.17. The van der Waals surface area contributed by atoms with Crippen molar-refractivity contribution in [2.24, 2.45) is 5.92 Å². The number of ether oxygens (including phenoxy) is 1. The first kappa shape index (κ1) is 16.2. The zero-order chi connectivity index (χ0) is 15.3. The summed E-state index contributed by atoms with van der Waals surface area (Å²) < 4.78 is 5.28. The number of aryl methyl sites for hydroxylation is 1. The van der Waals surface area contributed by atoms with E-state index in [9.17, 15) is 9.59 Å². The molecule has 0 saturated heterocycles. The van der Waals surface area contributed by atoms with Crippen LogP contribution < -0.4 is 0 Å². The Kier molecular flexibility index (Phi) is 5.31. The van der Waals surface area contributed by atoms with Gasteiger partial charge in [0.15, 0.2) is 0 Å². The van der Waals surface area contributed by atoms with Crippen LogP contribution in [0.2, 0.25) is 0 Å². The number of carbonyl (C=O) groups excluding carboxylic acids is 1. The maximum Gasteiger partial charge on any atom is 0.338 e. The van der Waals surface area contributed by atoms with E-state index in [1.54, 1.807) is 19.1 Å². The van der Waals surface area contributed by atoms with E-state index in [2.05, 4.69) is 0 Å². The molecule has 0 aliphatic rings. The van der Waals surface area contributed by atoms with E-state index < -0.39 is 11.6 Å². The minimum absolute atomic E-state index is 0.344. The molecule has 0 saturated carbocycles. The summed E-state index contributed by atoms with van der Waals surface area (Å²) in [5.74, 6) is -1.49. The molecule has 0 heterocycles. The second-order valence-electron chi connectivity index (χ2n) is 5.98. The van der Waals surface area contributed by atoms with Crippen molar-refractivity contribution in [3.8, 4) is 0 Å². The second-order valence-corrected chi connectivity index (χ2v) is 5.98. The highest BCUT2D eigenvalue weighted by molar-refractivity contribution is 5.89. The highest BCUT2D eigenvalue weighted by Gasteiger charge is 2.17. The Hall–Kier alpha value is -1.84. The van der Waals surface area contributed by atoms with E-state index in [-0.39, 0.29) is 11.9 Å². The van der Waals surface area contributed by atoms with Gasteiger partial charge in [0.05, 0.1) is 11.5 Å². The van der Waals surface area contributed by atoms with Crippen LogP contribution in [0, 0.1) is 5.92 Å². The van der Waals surface area contributed by atoms with Crippen molar-refractivity contribution in [3.63, 3.8) is 0 Å². The molecule has 4 heteroatoms. The highest BCUT2D eigenvalue weighted by atomic mass is 16.6. The van der Waals surface area contributed by atoms with Crippen molar-refractivity contribution in [2.45, 2.75) is 46.1 Å². The van der Waals surface area contributed by atoms with Gasteiger partial charge in [0.1, 0.15) is 5.60 Å². The SMILES string of the molecule is C[C@@H](CCc1ccc(C(=O)OC(C)(C)C)cc1)C(=O)O. The van der Waals surface area contributed by atoms with Crippen molar-refractivity contribution in [3.05, 3.63) is 35.4 Å². The van der Waals surface area contributed by atoms with E-state index in [0.717, 1.165) is 5.56 Å². The van der Waals surface area contributed by atoms with Gasteiger partial charge in [-0.05, 0) is 51.3 Å². The third-order valence-electron chi connectivity index (χ3n) is 2.88. The summed E-state index contributed by atoms with van der Waals surface area (Å²) in [7, 11) is 0. The lowest BCUT2D eigenvalue weighted by atomic mass is 10.0. The number of aliphatic carboxylic acids is 1. The summed E-state index contributed by atoms with van der Waals surface area (Å²) in [5.41, 5.74) is 1.02. The first-order valence-corrected chi connectivity index (χ1v) is 6.74. The van der Waals surface area contributed by atoms with Gasteiger partial charge in [0, 0.05) is 0 Å². The van der Waals surface area contributed by atoms with Crippen LogP contribution >= 0.6 is 0 Å². The van der Waals surface area contributed by atoms with E-state index in [1.807, 2.05) is 32.9 Å². The van der Waals surface area contributed by atoms with Crippen LogP contribution in [0.1, 0.15) is 50.0 Å². The minimum atomic E-state index is -0.782. The average Bonchev–Trinajstić information content (AvgIpc) is 2.34. The number of carboxylic acids is 1. The predicted octanol–water partition coefficient (Wildman–Crippen LogP) is 3.30. The maximum atomic E-state index is 11.8. The van der Waals surface area contributed by atoms with E-state index in [1.165, 1.54) is 0 Å². The number of hydrogen-bond donors (Lipinski definition) is 1. The van der Waals surface area contributed by atoms with Crippen LogP contribution in [0.3, 0.4) is 0 Å². The standard InChI is InChI=1S/C16H22O4/c1-11(14(17)18)5-6-12-7-9-13(10-8-12)15(19)20-16(2,3)4/h7-11H,5-6H2,1-4H3,(H,17,18)/t11-/m0/s1. The number of rotatable bonds is 5. The van der Waals surface area contributed by atoms with Crippen molar-refractivity contribution in [1.82, 2.24) is 0 Å². The number of carbonyl (C=O) groups is 2. The molecule has 1 rings (SSSR count). The summed E-state index contributed by atoms with van der Waals surface area (Å²) in [5, 5.41) is 8.82. The molecule has 1 N–H and O–H groups in total. The number of hydrogen-bond acceptors (Lipinski definition) is 3. The number of carboxylic acid groups (broad SMARTS) is 1. The zero-order valence-corrected chi connectivity index (χ0v) is 12.5. The molecule has 0 radical (unpaired) electrons. The van der Waals surface area contributed by atoms with Crippen molar-refractivity contribution < 1.29 is 19.4 Å². The molecule has 0 aliphatic carbocycles. The Bertz CT molecular complexity index is 468. The van der Waals surface area contributed by atoms with Gasteiger partial charge in [-0.1, -0.05) is 19.1 Å². The van der Waals surface area contributed by atoms with E-state index >= 15 is 0 Å². The fourth-order valence-electron chi connectivity index (χ4n) is 1.65. The molecular formula is C16H22O4. The predicted molar refractivity (Wildman–Crippen MR) is 76.7 cm³/mol. The van der Waals surface area contributed by atoms with Gasteiger partial charge >= 0.3 is 11.9 Å². The maximum absolute atomic E-state index is 11.8. The molecule has 20 heavy (non-hydrogen) atoms.